The zero-order chi connectivity index (χ0) is 18.7. The maximum Gasteiger partial charge on any atom is 0.316 e. The minimum Gasteiger partial charge on any atom is -0.490 e. The van der Waals surface area contributed by atoms with E-state index in [1.54, 1.807) is 22.9 Å². The molecule has 0 bridgehead atoms. The third kappa shape index (κ3) is 3.85. The van der Waals surface area contributed by atoms with Crippen LogP contribution in [0.1, 0.15) is 32.3 Å². The van der Waals surface area contributed by atoms with Crippen LogP contribution in [0.5, 0.6) is 5.75 Å². The molecule has 0 radical (unpaired) electrons. The zero-order valence-electron chi connectivity index (χ0n) is 15.2. The SMILES string of the molecule is COc1cn(Cc2ccc(F)cc2)c(NC2=CCCC(C)=C2C)nc1=O. The standard InChI is InChI=1S/C20H22FN3O2/c1-13-5-4-6-17(14(13)2)22-20-23-19(25)18(26-3)12-24(20)11-15-7-9-16(21)10-8-15/h6-10,12H,4-5,11H2,1-3H3,(H,22,23,25). The lowest BCUT2D eigenvalue weighted by Gasteiger charge is -2.21. The molecule has 136 valence electrons. The minimum absolute atomic E-state index is 0.165. The molecule has 0 aliphatic heterocycles. The van der Waals surface area contributed by atoms with Gasteiger partial charge in [0.25, 0.3) is 0 Å². The number of hydrogen-bond donors (Lipinski definition) is 1. The van der Waals surface area contributed by atoms with E-state index in [0.29, 0.717) is 12.5 Å². The van der Waals surface area contributed by atoms with Crippen LogP contribution >= 0.6 is 0 Å². The summed E-state index contributed by atoms with van der Waals surface area (Å²) < 4.78 is 20.1. The Balaban J connectivity index is 1.98. The zero-order valence-corrected chi connectivity index (χ0v) is 15.2. The molecule has 1 heterocycles. The van der Waals surface area contributed by atoms with E-state index in [4.69, 9.17) is 4.74 Å². The first-order chi connectivity index (χ1) is 12.5. The van der Waals surface area contributed by atoms with Gasteiger partial charge in [0.2, 0.25) is 11.7 Å². The maximum atomic E-state index is 13.2. The number of rotatable bonds is 5. The molecule has 26 heavy (non-hydrogen) atoms. The highest BCUT2D eigenvalue weighted by molar-refractivity contribution is 5.48. The molecule has 1 aromatic carbocycles. The van der Waals surface area contributed by atoms with E-state index in [1.165, 1.54) is 24.8 Å². The summed E-state index contributed by atoms with van der Waals surface area (Å²) in [6.45, 7) is 4.59. The van der Waals surface area contributed by atoms with Gasteiger partial charge in [-0.3, -0.25) is 4.79 Å². The van der Waals surface area contributed by atoms with E-state index in [9.17, 15) is 9.18 Å². The van der Waals surface area contributed by atoms with Crippen molar-refractivity contribution in [2.75, 3.05) is 12.4 Å². The molecule has 0 unspecified atom stereocenters. The molecule has 0 amide bonds. The first-order valence-electron chi connectivity index (χ1n) is 8.51. The smallest absolute Gasteiger partial charge is 0.316 e. The second-order valence-corrected chi connectivity index (χ2v) is 6.38. The highest BCUT2D eigenvalue weighted by Gasteiger charge is 2.14. The summed E-state index contributed by atoms with van der Waals surface area (Å²) in [5.41, 5.74) is 3.90. The third-order valence-electron chi connectivity index (χ3n) is 4.61. The number of nitrogens with zero attached hydrogens (tertiary/aromatic N) is 2. The van der Waals surface area contributed by atoms with Crippen molar-refractivity contribution in [1.29, 1.82) is 0 Å². The molecule has 3 rings (SSSR count). The Kier molecular flexibility index (Phi) is 5.21. The summed E-state index contributed by atoms with van der Waals surface area (Å²) in [6.07, 6.45) is 5.72. The van der Waals surface area contributed by atoms with Gasteiger partial charge in [-0.05, 0) is 50.0 Å². The molecule has 5 nitrogen and oxygen atoms in total. The largest absolute Gasteiger partial charge is 0.490 e. The van der Waals surface area contributed by atoms with Crippen molar-refractivity contribution in [2.45, 2.75) is 33.2 Å². The molecule has 0 fully saturated rings. The average Bonchev–Trinajstić information content (AvgIpc) is 2.63. The number of aromatic nitrogens is 2. The van der Waals surface area contributed by atoms with Gasteiger partial charge >= 0.3 is 5.56 Å². The second-order valence-electron chi connectivity index (χ2n) is 6.38. The van der Waals surface area contributed by atoms with Crippen LogP contribution in [0.15, 0.2) is 58.2 Å². The predicted octanol–water partition coefficient (Wildman–Crippen LogP) is 3.87. The van der Waals surface area contributed by atoms with E-state index in [0.717, 1.165) is 29.7 Å². The van der Waals surface area contributed by atoms with E-state index in [2.05, 4.69) is 30.2 Å². The van der Waals surface area contributed by atoms with Gasteiger partial charge in [-0.1, -0.05) is 23.8 Å². The molecule has 0 spiro atoms. The highest BCUT2D eigenvalue weighted by atomic mass is 19.1. The fraction of sp³-hybridized carbons (Fsp3) is 0.300. The highest BCUT2D eigenvalue weighted by Crippen LogP contribution is 2.25. The molecule has 6 heteroatoms. The van der Waals surface area contributed by atoms with Crippen molar-refractivity contribution in [3.05, 3.63) is 75.1 Å². The Morgan fingerprint density at radius 2 is 2.00 bits per heavy atom. The van der Waals surface area contributed by atoms with E-state index in [-0.39, 0.29) is 11.6 Å². The molecule has 2 aromatic rings. The second kappa shape index (κ2) is 7.56. The van der Waals surface area contributed by atoms with Gasteiger partial charge < -0.3 is 14.6 Å². The Bertz CT molecular complexity index is 927. The lowest BCUT2D eigenvalue weighted by Crippen LogP contribution is -2.21. The van der Waals surface area contributed by atoms with E-state index >= 15 is 0 Å². The van der Waals surface area contributed by atoms with E-state index < -0.39 is 5.56 Å². The van der Waals surface area contributed by atoms with Crippen LogP contribution in [0, 0.1) is 5.82 Å². The van der Waals surface area contributed by atoms with Crippen LogP contribution in [0.25, 0.3) is 0 Å². The molecular weight excluding hydrogens is 333 g/mol. The Morgan fingerprint density at radius 1 is 1.27 bits per heavy atom. The lowest BCUT2D eigenvalue weighted by molar-refractivity contribution is 0.402. The summed E-state index contributed by atoms with van der Waals surface area (Å²) >= 11 is 0. The number of hydrogen-bond acceptors (Lipinski definition) is 4. The third-order valence-corrected chi connectivity index (χ3v) is 4.61. The summed E-state index contributed by atoms with van der Waals surface area (Å²) in [5, 5.41) is 3.28. The number of ether oxygens (including phenoxy) is 1. The van der Waals surface area contributed by atoms with Crippen molar-refractivity contribution in [3.63, 3.8) is 0 Å². The average molecular weight is 355 g/mol. The molecular formula is C20H22FN3O2. The molecule has 1 aliphatic rings. The van der Waals surface area contributed by atoms with Crippen molar-refractivity contribution in [3.8, 4) is 5.75 Å². The molecule has 1 aliphatic carbocycles. The number of methoxy groups -OCH3 is 1. The first kappa shape index (κ1) is 17.9. The summed E-state index contributed by atoms with van der Waals surface area (Å²) in [4.78, 5) is 16.3. The van der Waals surface area contributed by atoms with Gasteiger partial charge in [-0.25, -0.2) is 4.39 Å². The monoisotopic (exact) mass is 355 g/mol. The number of allylic oxidation sites excluding steroid dienone is 3. The fourth-order valence-electron chi connectivity index (χ4n) is 2.89. The van der Waals surface area contributed by atoms with Gasteiger partial charge in [-0.2, -0.15) is 4.98 Å². The number of benzene rings is 1. The van der Waals surface area contributed by atoms with Crippen molar-refractivity contribution in [1.82, 2.24) is 9.55 Å². The number of anilines is 1. The van der Waals surface area contributed by atoms with Crippen molar-refractivity contribution < 1.29 is 9.13 Å². The number of halogens is 1. The van der Waals surface area contributed by atoms with Crippen LogP contribution in [-0.2, 0) is 6.54 Å². The summed E-state index contributed by atoms with van der Waals surface area (Å²) in [7, 11) is 1.44. The maximum absolute atomic E-state index is 13.2. The van der Waals surface area contributed by atoms with E-state index in [1.807, 2.05) is 0 Å². The van der Waals surface area contributed by atoms with Crippen LogP contribution in [0.2, 0.25) is 0 Å². The van der Waals surface area contributed by atoms with Gasteiger partial charge in [0.05, 0.1) is 19.9 Å². The van der Waals surface area contributed by atoms with Gasteiger partial charge in [-0.15, -0.1) is 0 Å². The van der Waals surface area contributed by atoms with Crippen LogP contribution in [0.3, 0.4) is 0 Å². The lowest BCUT2D eigenvalue weighted by atomic mass is 9.97. The van der Waals surface area contributed by atoms with Crippen LogP contribution < -0.4 is 15.6 Å². The predicted molar refractivity (Wildman–Crippen MR) is 99.9 cm³/mol. The molecule has 1 N–H and O–H groups in total. The molecule has 0 atom stereocenters. The quantitative estimate of drug-likeness (QED) is 0.885. The van der Waals surface area contributed by atoms with Crippen LogP contribution in [-0.4, -0.2) is 16.7 Å². The Morgan fingerprint density at radius 3 is 2.69 bits per heavy atom. The Hall–Kier alpha value is -2.89. The van der Waals surface area contributed by atoms with Gasteiger partial charge in [0.1, 0.15) is 5.82 Å². The van der Waals surface area contributed by atoms with Gasteiger partial charge in [0.15, 0.2) is 0 Å². The summed E-state index contributed by atoms with van der Waals surface area (Å²) in [6, 6.07) is 6.24. The number of nitrogens with one attached hydrogen (secondary N) is 1. The van der Waals surface area contributed by atoms with Crippen LogP contribution in [0.4, 0.5) is 10.3 Å². The molecule has 0 saturated heterocycles. The first-order valence-corrected chi connectivity index (χ1v) is 8.51. The topological polar surface area (TPSA) is 56.1 Å². The van der Waals surface area contributed by atoms with Crippen molar-refractivity contribution in [2.24, 2.45) is 0 Å². The fourth-order valence-corrected chi connectivity index (χ4v) is 2.89. The molecule has 0 saturated carbocycles. The van der Waals surface area contributed by atoms with Gasteiger partial charge in [0, 0.05) is 5.70 Å². The van der Waals surface area contributed by atoms with Crippen molar-refractivity contribution >= 4 is 5.95 Å². The Labute approximate surface area is 151 Å². The molecule has 1 aromatic heterocycles. The normalized spacial score (nSPS) is 14.2. The minimum atomic E-state index is -0.430. The summed E-state index contributed by atoms with van der Waals surface area (Å²) in [5.74, 6) is 0.311.